The summed E-state index contributed by atoms with van der Waals surface area (Å²) < 4.78 is 2.23. The van der Waals surface area contributed by atoms with E-state index < -0.39 is 0 Å². The third-order valence-electron chi connectivity index (χ3n) is 4.46. The predicted octanol–water partition coefficient (Wildman–Crippen LogP) is 3.55. The molecule has 0 spiro atoms. The lowest BCUT2D eigenvalue weighted by atomic mass is 10.0. The first kappa shape index (κ1) is 14.6. The van der Waals surface area contributed by atoms with Gasteiger partial charge in [0, 0.05) is 36.5 Å². The van der Waals surface area contributed by atoms with Crippen molar-refractivity contribution in [2.24, 2.45) is 0 Å². The SMILES string of the molecule is Cc1nccn1CCN1CCC[C@H]1Cc1ccccc1Cl. The van der Waals surface area contributed by atoms with Gasteiger partial charge in [-0.2, -0.15) is 0 Å². The largest absolute Gasteiger partial charge is 0.334 e. The lowest BCUT2D eigenvalue weighted by Gasteiger charge is -2.25. The number of likely N-dealkylation sites (tertiary alicyclic amines) is 1. The van der Waals surface area contributed by atoms with E-state index in [0.29, 0.717) is 6.04 Å². The summed E-state index contributed by atoms with van der Waals surface area (Å²) in [5, 5.41) is 0.898. The fraction of sp³-hybridized carbons (Fsp3) is 0.471. The molecule has 0 N–H and O–H groups in total. The Morgan fingerprint density at radius 2 is 2.14 bits per heavy atom. The number of halogens is 1. The van der Waals surface area contributed by atoms with Gasteiger partial charge in [-0.05, 0) is 44.4 Å². The summed E-state index contributed by atoms with van der Waals surface area (Å²) in [6.45, 7) is 5.37. The van der Waals surface area contributed by atoms with Gasteiger partial charge in [0.05, 0.1) is 0 Å². The van der Waals surface area contributed by atoms with E-state index in [4.69, 9.17) is 11.6 Å². The van der Waals surface area contributed by atoms with Gasteiger partial charge in [-0.3, -0.25) is 4.90 Å². The predicted molar refractivity (Wildman–Crippen MR) is 86.7 cm³/mol. The maximum absolute atomic E-state index is 6.30. The molecule has 4 heteroatoms. The van der Waals surface area contributed by atoms with Crippen LogP contribution in [0.15, 0.2) is 36.7 Å². The van der Waals surface area contributed by atoms with E-state index in [1.54, 1.807) is 0 Å². The first-order valence-electron chi connectivity index (χ1n) is 7.69. The van der Waals surface area contributed by atoms with Crippen LogP contribution < -0.4 is 0 Å². The zero-order chi connectivity index (χ0) is 14.7. The van der Waals surface area contributed by atoms with E-state index in [0.717, 1.165) is 30.4 Å². The van der Waals surface area contributed by atoms with Crippen molar-refractivity contribution in [3.63, 3.8) is 0 Å². The summed E-state index contributed by atoms with van der Waals surface area (Å²) in [5.41, 5.74) is 1.27. The number of rotatable bonds is 5. The molecule has 3 rings (SSSR count). The van der Waals surface area contributed by atoms with E-state index in [9.17, 15) is 0 Å². The van der Waals surface area contributed by atoms with Gasteiger partial charge in [-0.25, -0.2) is 4.98 Å². The maximum Gasteiger partial charge on any atom is 0.105 e. The minimum atomic E-state index is 0.619. The molecule has 1 atom stereocenters. The first-order valence-corrected chi connectivity index (χ1v) is 8.07. The molecule has 1 fully saturated rings. The topological polar surface area (TPSA) is 21.1 Å². The van der Waals surface area contributed by atoms with Crippen LogP contribution in [0.25, 0.3) is 0 Å². The van der Waals surface area contributed by atoms with Gasteiger partial charge >= 0.3 is 0 Å². The quantitative estimate of drug-likeness (QED) is 0.842. The van der Waals surface area contributed by atoms with Gasteiger partial charge in [0.25, 0.3) is 0 Å². The van der Waals surface area contributed by atoms with Gasteiger partial charge in [0.1, 0.15) is 5.82 Å². The average molecular weight is 304 g/mol. The highest BCUT2D eigenvalue weighted by atomic mass is 35.5. The minimum Gasteiger partial charge on any atom is -0.334 e. The molecule has 0 bridgehead atoms. The fourth-order valence-corrected chi connectivity index (χ4v) is 3.43. The van der Waals surface area contributed by atoms with E-state index in [1.807, 2.05) is 18.3 Å². The van der Waals surface area contributed by atoms with Gasteiger partial charge in [-0.1, -0.05) is 29.8 Å². The second kappa shape index (κ2) is 6.63. The molecule has 1 aromatic carbocycles. The molecule has 1 aliphatic rings. The Morgan fingerprint density at radius 3 is 2.90 bits per heavy atom. The van der Waals surface area contributed by atoms with Crippen LogP contribution in [-0.2, 0) is 13.0 Å². The Bertz CT molecular complexity index is 593. The smallest absolute Gasteiger partial charge is 0.105 e. The summed E-state index contributed by atoms with van der Waals surface area (Å²) in [7, 11) is 0. The molecule has 0 amide bonds. The van der Waals surface area contributed by atoms with Crippen molar-refractivity contribution < 1.29 is 0 Å². The highest BCUT2D eigenvalue weighted by Gasteiger charge is 2.24. The van der Waals surface area contributed by atoms with Gasteiger partial charge in [0.15, 0.2) is 0 Å². The van der Waals surface area contributed by atoms with Crippen LogP contribution in [0.1, 0.15) is 24.2 Å². The average Bonchev–Trinajstić information content (AvgIpc) is 3.08. The molecule has 21 heavy (non-hydrogen) atoms. The maximum atomic E-state index is 6.30. The number of hydrogen-bond donors (Lipinski definition) is 0. The van der Waals surface area contributed by atoms with Crippen LogP contribution in [0.5, 0.6) is 0 Å². The number of aryl methyl sites for hydroxylation is 1. The highest BCUT2D eigenvalue weighted by molar-refractivity contribution is 6.31. The van der Waals surface area contributed by atoms with Crippen molar-refractivity contribution in [2.45, 2.75) is 38.8 Å². The zero-order valence-corrected chi connectivity index (χ0v) is 13.3. The van der Waals surface area contributed by atoms with Crippen LogP contribution in [0, 0.1) is 6.92 Å². The normalized spacial score (nSPS) is 19.2. The van der Waals surface area contributed by atoms with Crippen LogP contribution in [0.3, 0.4) is 0 Å². The standard InChI is InChI=1S/C17H22ClN3/c1-14-19-8-10-20(14)11-12-21-9-4-6-16(21)13-15-5-2-3-7-17(15)18/h2-3,5,7-8,10,16H,4,6,9,11-13H2,1H3/t16-/m0/s1. The third-order valence-corrected chi connectivity index (χ3v) is 4.83. The summed E-state index contributed by atoms with van der Waals surface area (Å²) in [6, 6.07) is 8.84. The number of benzene rings is 1. The van der Waals surface area contributed by atoms with Crippen LogP contribution >= 0.6 is 11.6 Å². The molecule has 1 saturated heterocycles. The van der Waals surface area contributed by atoms with Crippen molar-refractivity contribution in [2.75, 3.05) is 13.1 Å². The number of hydrogen-bond acceptors (Lipinski definition) is 2. The Labute approximate surface area is 131 Å². The van der Waals surface area contributed by atoms with Crippen LogP contribution in [0.4, 0.5) is 0 Å². The van der Waals surface area contributed by atoms with Crippen LogP contribution in [-0.4, -0.2) is 33.6 Å². The first-order chi connectivity index (χ1) is 10.2. The molecule has 0 saturated carbocycles. The summed E-state index contributed by atoms with van der Waals surface area (Å²) in [5.74, 6) is 1.09. The van der Waals surface area contributed by atoms with E-state index in [-0.39, 0.29) is 0 Å². The van der Waals surface area contributed by atoms with Crippen molar-refractivity contribution in [1.29, 1.82) is 0 Å². The highest BCUT2D eigenvalue weighted by Crippen LogP contribution is 2.24. The molecule has 1 aromatic heterocycles. The zero-order valence-electron chi connectivity index (χ0n) is 12.5. The molecule has 2 aromatic rings. The van der Waals surface area contributed by atoms with Crippen molar-refractivity contribution in [3.8, 4) is 0 Å². The second-order valence-corrected chi connectivity index (χ2v) is 6.20. The molecule has 112 valence electrons. The Kier molecular flexibility index (Phi) is 4.61. The van der Waals surface area contributed by atoms with Crippen LogP contribution in [0.2, 0.25) is 5.02 Å². The molecule has 0 aliphatic carbocycles. The summed E-state index contributed by atoms with van der Waals surface area (Å²) in [4.78, 5) is 6.89. The molecule has 3 nitrogen and oxygen atoms in total. The molecule has 0 radical (unpaired) electrons. The number of nitrogens with zero attached hydrogens (tertiary/aromatic N) is 3. The summed E-state index contributed by atoms with van der Waals surface area (Å²) in [6.07, 6.45) is 7.56. The second-order valence-electron chi connectivity index (χ2n) is 5.80. The Hall–Kier alpha value is -1.32. The van der Waals surface area contributed by atoms with E-state index in [2.05, 4.69) is 39.7 Å². The number of aromatic nitrogens is 2. The van der Waals surface area contributed by atoms with Crippen molar-refractivity contribution in [3.05, 3.63) is 53.1 Å². The van der Waals surface area contributed by atoms with E-state index >= 15 is 0 Å². The molecule has 2 heterocycles. The van der Waals surface area contributed by atoms with Crippen molar-refractivity contribution in [1.82, 2.24) is 14.5 Å². The van der Waals surface area contributed by atoms with Gasteiger partial charge in [-0.15, -0.1) is 0 Å². The Balaban J connectivity index is 1.60. The minimum absolute atomic E-state index is 0.619. The fourth-order valence-electron chi connectivity index (χ4n) is 3.21. The molecular formula is C17H22ClN3. The van der Waals surface area contributed by atoms with Gasteiger partial charge in [0.2, 0.25) is 0 Å². The van der Waals surface area contributed by atoms with Gasteiger partial charge < -0.3 is 4.57 Å². The number of imidazole rings is 1. The van der Waals surface area contributed by atoms with E-state index in [1.165, 1.54) is 24.9 Å². The monoisotopic (exact) mass is 303 g/mol. The van der Waals surface area contributed by atoms with Crippen molar-refractivity contribution >= 4 is 11.6 Å². The summed E-state index contributed by atoms with van der Waals surface area (Å²) >= 11 is 6.30. The molecule has 0 unspecified atom stereocenters. The molecular weight excluding hydrogens is 282 g/mol. The third kappa shape index (κ3) is 3.47. The Morgan fingerprint density at radius 1 is 1.29 bits per heavy atom. The molecule has 1 aliphatic heterocycles. The lowest BCUT2D eigenvalue weighted by Crippen LogP contribution is -2.34. The lowest BCUT2D eigenvalue weighted by molar-refractivity contribution is 0.242.